The van der Waals surface area contributed by atoms with Crippen molar-refractivity contribution < 1.29 is 9.59 Å². The SMILES string of the molecule is CC(C)C(=O)NC1CCN(c2ccccc2C(=O)NC(C)C(C)C)CC1. The third-order valence-corrected chi connectivity index (χ3v) is 5.21. The van der Waals surface area contributed by atoms with Crippen molar-refractivity contribution in [1.29, 1.82) is 0 Å². The van der Waals surface area contributed by atoms with Gasteiger partial charge in [-0.3, -0.25) is 9.59 Å². The number of para-hydroxylation sites is 1. The third-order valence-electron chi connectivity index (χ3n) is 5.21. The molecule has 1 atom stereocenters. The van der Waals surface area contributed by atoms with E-state index in [1.807, 2.05) is 45.0 Å². The Morgan fingerprint density at radius 1 is 1.04 bits per heavy atom. The molecule has 1 heterocycles. The molecule has 1 aromatic carbocycles. The Balaban J connectivity index is 2.02. The zero-order chi connectivity index (χ0) is 19.3. The quantitative estimate of drug-likeness (QED) is 0.820. The summed E-state index contributed by atoms with van der Waals surface area (Å²) in [5, 5.41) is 6.22. The summed E-state index contributed by atoms with van der Waals surface area (Å²) in [6, 6.07) is 8.15. The largest absolute Gasteiger partial charge is 0.371 e. The summed E-state index contributed by atoms with van der Waals surface area (Å²) in [6.07, 6.45) is 1.80. The molecule has 144 valence electrons. The van der Waals surface area contributed by atoms with Crippen LogP contribution in [-0.4, -0.2) is 37.0 Å². The number of rotatable bonds is 6. The molecule has 1 aliphatic rings. The Kier molecular flexibility index (Phi) is 7.06. The maximum Gasteiger partial charge on any atom is 0.253 e. The van der Waals surface area contributed by atoms with Crippen LogP contribution in [-0.2, 0) is 4.79 Å². The van der Waals surface area contributed by atoms with Gasteiger partial charge in [-0.05, 0) is 37.8 Å². The predicted molar refractivity (Wildman–Crippen MR) is 106 cm³/mol. The fourth-order valence-electron chi connectivity index (χ4n) is 3.03. The molecule has 26 heavy (non-hydrogen) atoms. The van der Waals surface area contributed by atoms with Crippen molar-refractivity contribution in [2.24, 2.45) is 11.8 Å². The van der Waals surface area contributed by atoms with Crippen LogP contribution in [0.4, 0.5) is 5.69 Å². The van der Waals surface area contributed by atoms with Gasteiger partial charge in [0, 0.05) is 36.8 Å². The molecule has 2 N–H and O–H groups in total. The number of carbonyl (C=O) groups excluding carboxylic acids is 2. The number of hydrogen-bond acceptors (Lipinski definition) is 3. The van der Waals surface area contributed by atoms with Crippen LogP contribution >= 0.6 is 0 Å². The van der Waals surface area contributed by atoms with Gasteiger partial charge in [-0.2, -0.15) is 0 Å². The van der Waals surface area contributed by atoms with Crippen LogP contribution in [0.3, 0.4) is 0 Å². The number of nitrogens with zero attached hydrogens (tertiary/aromatic N) is 1. The summed E-state index contributed by atoms with van der Waals surface area (Å²) in [4.78, 5) is 26.9. The molecule has 5 heteroatoms. The summed E-state index contributed by atoms with van der Waals surface area (Å²) < 4.78 is 0. The monoisotopic (exact) mass is 359 g/mol. The third kappa shape index (κ3) is 5.23. The molecular formula is C21H33N3O2. The molecule has 0 saturated carbocycles. The number of amides is 2. The standard InChI is InChI=1S/C21H33N3O2/c1-14(2)16(5)22-21(26)18-8-6-7-9-19(18)24-12-10-17(11-13-24)23-20(25)15(3)4/h6-9,14-17H,10-13H2,1-5H3,(H,22,26)(H,23,25). The lowest BCUT2D eigenvalue weighted by atomic mass is 10.0. The minimum Gasteiger partial charge on any atom is -0.371 e. The van der Waals surface area contributed by atoms with Crippen LogP contribution in [0.2, 0.25) is 0 Å². The van der Waals surface area contributed by atoms with Crippen molar-refractivity contribution >= 4 is 17.5 Å². The Morgan fingerprint density at radius 2 is 1.65 bits per heavy atom. The first-order valence-corrected chi connectivity index (χ1v) is 9.74. The first-order valence-electron chi connectivity index (χ1n) is 9.74. The fourth-order valence-corrected chi connectivity index (χ4v) is 3.03. The highest BCUT2D eigenvalue weighted by Gasteiger charge is 2.24. The van der Waals surface area contributed by atoms with E-state index in [9.17, 15) is 9.59 Å². The maximum atomic E-state index is 12.7. The van der Waals surface area contributed by atoms with Crippen molar-refractivity contribution in [2.75, 3.05) is 18.0 Å². The fraction of sp³-hybridized carbons (Fsp3) is 0.619. The smallest absolute Gasteiger partial charge is 0.253 e. The van der Waals surface area contributed by atoms with E-state index in [0.29, 0.717) is 5.92 Å². The Morgan fingerprint density at radius 3 is 2.23 bits per heavy atom. The summed E-state index contributed by atoms with van der Waals surface area (Å²) in [7, 11) is 0. The maximum absolute atomic E-state index is 12.7. The molecule has 0 spiro atoms. The van der Waals surface area contributed by atoms with E-state index in [4.69, 9.17) is 0 Å². The number of anilines is 1. The number of benzene rings is 1. The average Bonchev–Trinajstić information content (AvgIpc) is 2.62. The second kappa shape index (κ2) is 9.06. The highest BCUT2D eigenvalue weighted by Crippen LogP contribution is 2.24. The molecule has 5 nitrogen and oxygen atoms in total. The van der Waals surface area contributed by atoms with Gasteiger partial charge in [0.25, 0.3) is 5.91 Å². The summed E-state index contributed by atoms with van der Waals surface area (Å²) >= 11 is 0. The Labute approximate surface area is 157 Å². The van der Waals surface area contributed by atoms with Crippen LogP contribution in [0.25, 0.3) is 0 Å². The van der Waals surface area contributed by atoms with Crippen molar-refractivity contribution in [3.63, 3.8) is 0 Å². The molecule has 0 bridgehead atoms. The number of carbonyl (C=O) groups is 2. The number of piperidine rings is 1. The average molecular weight is 360 g/mol. The van der Waals surface area contributed by atoms with Crippen LogP contribution in [0.15, 0.2) is 24.3 Å². The Bertz CT molecular complexity index is 619. The van der Waals surface area contributed by atoms with Gasteiger partial charge in [0.1, 0.15) is 0 Å². The van der Waals surface area contributed by atoms with E-state index >= 15 is 0 Å². The summed E-state index contributed by atoms with van der Waals surface area (Å²) in [6.45, 7) is 11.8. The van der Waals surface area contributed by atoms with Crippen LogP contribution < -0.4 is 15.5 Å². The van der Waals surface area contributed by atoms with E-state index in [1.54, 1.807) is 0 Å². The van der Waals surface area contributed by atoms with Gasteiger partial charge in [0.15, 0.2) is 0 Å². The summed E-state index contributed by atoms with van der Waals surface area (Å²) in [5.74, 6) is 0.509. The van der Waals surface area contributed by atoms with Gasteiger partial charge in [-0.15, -0.1) is 0 Å². The molecule has 0 radical (unpaired) electrons. The minimum absolute atomic E-state index is 0.0143. The van der Waals surface area contributed by atoms with Crippen molar-refractivity contribution in [3.8, 4) is 0 Å². The van der Waals surface area contributed by atoms with E-state index in [0.717, 1.165) is 37.2 Å². The number of hydrogen-bond donors (Lipinski definition) is 2. The summed E-state index contributed by atoms with van der Waals surface area (Å²) in [5.41, 5.74) is 1.71. The second-order valence-electron chi connectivity index (χ2n) is 7.95. The molecule has 0 aromatic heterocycles. The zero-order valence-electron chi connectivity index (χ0n) is 16.7. The highest BCUT2D eigenvalue weighted by molar-refractivity contribution is 6.00. The van der Waals surface area contributed by atoms with Crippen molar-refractivity contribution in [2.45, 2.75) is 59.5 Å². The highest BCUT2D eigenvalue weighted by atomic mass is 16.2. The van der Waals surface area contributed by atoms with Gasteiger partial charge in [-0.25, -0.2) is 0 Å². The van der Waals surface area contributed by atoms with Gasteiger partial charge in [0.05, 0.1) is 5.56 Å². The second-order valence-corrected chi connectivity index (χ2v) is 7.95. The molecule has 1 saturated heterocycles. The van der Waals surface area contributed by atoms with E-state index in [2.05, 4.69) is 29.4 Å². The lowest BCUT2D eigenvalue weighted by molar-refractivity contribution is -0.124. The zero-order valence-corrected chi connectivity index (χ0v) is 16.7. The van der Waals surface area contributed by atoms with E-state index in [1.165, 1.54) is 0 Å². The topological polar surface area (TPSA) is 61.4 Å². The van der Waals surface area contributed by atoms with E-state index in [-0.39, 0.29) is 29.8 Å². The van der Waals surface area contributed by atoms with Crippen molar-refractivity contribution in [1.82, 2.24) is 10.6 Å². The lowest BCUT2D eigenvalue weighted by Crippen LogP contribution is -2.46. The molecule has 1 aromatic rings. The predicted octanol–water partition coefficient (Wildman–Crippen LogP) is 3.20. The molecule has 0 aliphatic carbocycles. The Hall–Kier alpha value is -2.04. The van der Waals surface area contributed by atoms with Gasteiger partial charge < -0.3 is 15.5 Å². The van der Waals surface area contributed by atoms with Gasteiger partial charge in [-0.1, -0.05) is 39.8 Å². The lowest BCUT2D eigenvalue weighted by Gasteiger charge is -2.35. The first-order chi connectivity index (χ1) is 12.3. The number of nitrogens with one attached hydrogen (secondary N) is 2. The molecule has 1 fully saturated rings. The van der Waals surface area contributed by atoms with Crippen LogP contribution in [0, 0.1) is 11.8 Å². The molecule has 1 unspecified atom stereocenters. The molecular weight excluding hydrogens is 326 g/mol. The van der Waals surface area contributed by atoms with Crippen LogP contribution in [0.1, 0.15) is 57.8 Å². The minimum atomic E-state index is -0.0166. The van der Waals surface area contributed by atoms with Crippen LogP contribution in [0.5, 0.6) is 0 Å². The molecule has 2 amide bonds. The van der Waals surface area contributed by atoms with Crippen molar-refractivity contribution in [3.05, 3.63) is 29.8 Å². The normalized spacial score (nSPS) is 16.7. The molecule has 2 rings (SSSR count). The first kappa shape index (κ1) is 20.3. The van der Waals surface area contributed by atoms with Gasteiger partial charge >= 0.3 is 0 Å². The molecule has 1 aliphatic heterocycles. The van der Waals surface area contributed by atoms with Gasteiger partial charge in [0.2, 0.25) is 5.91 Å². The van der Waals surface area contributed by atoms with E-state index < -0.39 is 0 Å².